The van der Waals surface area contributed by atoms with Crippen LogP contribution in [-0.4, -0.2) is 97.9 Å². The number of methoxy groups -OCH3 is 3. The van der Waals surface area contributed by atoms with Crippen molar-refractivity contribution in [2.24, 2.45) is 0 Å². The quantitative estimate of drug-likeness (QED) is 0.276. The third kappa shape index (κ3) is 6.33. The zero-order valence-corrected chi connectivity index (χ0v) is 23.5. The standard InChI is InChI=1S/C30H38N2O9/c1-38-13-9-25(35)32(11-8-19-6-4-5-7-23(19)39-2)22-16-21(30(37)31-10-12-33)26-20-14-18(17-34)15-24(40-3)28(20)41-29(26)27(22)36/h4-7,14-16,22,26-27,29,33-34,36H,8-13,17H2,1-3H3,(H,31,37)/t22-,26+,27+,29+/m1/s1. The molecule has 4 atom stereocenters. The minimum Gasteiger partial charge on any atom is -0.496 e. The lowest BCUT2D eigenvalue weighted by atomic mass is 9.77. The first-order valence-corrected chi connectivity index (χ1v) is 13.6. The topological polar surface area (TPSA) is 147 Å². The van der Waals surface area contributed by atoms with Crippen molar-refractivity contribution in [2.75, 3.05) is 47.6 Å². The van der Waals surface area contributed by atoms with Crippen LogP contribution in [-0.2, 0) is 27.4 Å². The van der Waals surface area contributed by atoms with Crippen LogP contribution in [0.2, 0.25) is 0 Å². The van der Waals surface area contributed by atoms with Gasteiger partial charge in [0.1, 0.15) is 18.0 Å². The first kappa shape index (κ1) is 30.3. The van der Waals surface area contributed by atoms with Gasteiger partial charge in [-0.3, -0.25) is 9.59 Å². The Balaban J connectivity index is 1.76. The Bertz CT molecular complexity index is 1260. The molecule has 2 aromatic carbocycles. The van der Waals surface area contributed by atoms with Gasteiger partial charge in [-0.1, -0.05) is 18.2 Å². The van der Waals surface area contributed by atoms with E-state index in [4.69, 9.17) is 18.9 Å². The molecule has 2 amide bonds. The fourth-order valence-corrected chi connectivity index (χ4v) is 5.54. The minimum atomic E-state index is -1.20. The predicted octanol–water partition coefficient (Wildman–Crippen LogP) is 0.927. The lowest BCUT2D eigenvalue weighted by Gasteiger charge is -2.41. The predicted molar refractivity (Wildman–Crippen MR) is 149 cm³/mol. The number of benzene rings is 2. The third-order valence-corrected chi connectivity index (χ3v) is 7.51. The van der Waals surface area contributed by atoms with E-state index in [9.17, 15) is 24.9 Å². The van der Waals surface area contributed by atoms with Crippen LogP contribution in [0.25, 0.3) is 0 Å². The lowest BCUT2D eigenvalue weighted by molar-refractivity contribution is -0.138. The van der Waals surface area contributed by atoms with Crippen molar-refractivity contribution in [2.45, 2.75) is 43.6 Å². The molecule has 4 N–H and O–H groups in total. The summed E-state index contributed by atoms with van der Waals surface area (Å²) in [6.07, 6.45) is 0.0143. The molecule has 4 rings (SSSR count). The number of ether oxygens (including phenoxy) is 4. The summed E-state index contributed by atoms with van der Waals surface area (Å²) in [6.45, 7) is -0.0642. The first-order valence-electron chi connectivity index (χ1n) is 13.6. The molecule has 41 heavy (non-hydrogen) atoms. The molecule has 0 saturated carbocycles. The molecule has 2 aliphatic rings. The second-order valence-corrected chi connectivity index (χ2v) is 9.91. The smallest absolute Gasteiger partial charge is 0.247 e. The van der Waals surface area contributed by atoms with E-state index in [0.29, 0.717) is 34.8 Å². The molecule has 1 aliphatic heterocycles. The molecular formula is C30H38N2O9. The summed E-state index contributed by atoms with van der Waals surface area (Å²) < 4.78 is 22.4. The summed E-state index contributed by atoms with van der Waals surface area (Å²) in [4.78, 5) is 28.5. The van der Waals surface area contributed by atoms with Gasteiger partial charge < -0.3 is 44.5 Å². The Morgan fingerprint density at radius 3 is 2.51 bits per heavy atom. The molecule has 0 fully saturated rings. The molecule has 1 heterocycles. The molecule has 0 unspecified atom stereocenters. The maximum absolute atomic E-state index is 13.5. The number of fused-ring (bicyclic) bond motifs is 3. The van der Waals surface area contributed by atoms with Crippen molar-refractivity contribution in [3.05, 3.63) is 64.7 Å². The van der Waals surface area contributed by atoms with Crippen molar-refractivity contribution < 1.29 is 43.9 Å². The highest BCUT2D eigenvalue weighted by atomic mass is 16.5. The van der Waals surface area contributed by atoms with Crippen LogP contribution in [0.1, 0.15) is 29.0 Å². The van der Waals surface area contributed by atoms with E-state index in [2.05, 4.69) is 5.32 Å². The fourth-order valence-electron chi connectivity index (χ4n) is 5.54. The van der Waals surface area contributed by atoms with Gasteiger partial charge in [0, 0.05) is 31.3 Å². The molecule has 222 valence electrons. The molecule has 0 saturated heterocycles. The van der Waals surface area contributed by atoms with E-state index in [0.717, 1.165) is 5.56 Å². The highest BCUT2D eigenvalue weighted by molar-refractivity contribution is 5.96. The second kappa shape index (κ2) is 13.8. The number of aliphatic hydroxyl groups is 3. The van der Waals surface area contributed by atoms with Crippen molar-refractivity contribution in [3.8, 4) is 17.2 Å². The fraction of sp³-hybridized carbons (Fsp3) is 0.467. The molecule has 11 heteroatoms. The van der Waals surface area contributed by atoms with Crippen LogP contribution in [0.3, 0.4) is 0 Å². The number of nitrogens with zero attached hydrogens (tertiary/aromatic N) is 1. The van der Waals surface area contributed by atoms with Crippen LogP contribution in [0.5, 0.6) is 17.2 Å². The van der Waals surface area contributed by atoms with Crippen LogP contribution in [0.15, 0.2) is 48.0 Å². The summed E-state index contributed by atoms with van der Waals surface area (Å²) in [5, 5.41) is 33.6. The highest BCUT2D eigenvalue weighted by Gasteiger charge is 2.51. The van der Waals surface area contributed by atoms with Crippen LogP contribution in [0.4, 0.5) is 0 Å². The van der Waals surface area contributed by atoms with E-state index in [1.54, 1.807) is 30.2 Å². The maximum atomic E-state index is 13.5. The monoisotopic (exact) mass is 570 g/mol. The summed E-state index contributed by atoms with van der Waals surface area (Å²) in [6, 6.07) is 9.97. The summed E-state index contributed by atoms with van der Waals surface area (Å²) >= 11 is 0. The van der Waals surface area contributed by atoms with Gasteiger partial charge in [-0.2, -0.15) is 0 Å². The number of carbonyl (C=O) groups excluding carboxylic acids is 2. The number of carbonyl (C=O) groups is 2. The Labute approximate surface area is 239 Å². The van der Waals surface area contributed by atoms with Gasteiger partial charge in [0.25, 0.3) is 0 Å². The zero-order valence-electron chi connectivity index (χ0n) is 23.5. The lowest BCUT2D eigenvalue weighted by Crippen LogP contribution is -2.56. The number of para-hydroxylation sites is 1. The maximum Gasteiger partial charge on any atom is 0.247 e. The number of amides is 2. The molecule has 2 aromatic rings. The van der Waals surface area contributed by atoms with Crippen molar-refractivity contribution >= 4 is 11.8 Å². The largest absolute Gasteiger partial charge is 0.496 e. The molecule has 0 aromatic heterocycles. The minimum absolute atomic E-state index is 0.0266. The Morgan fingerprint density at radius 1 is 1.07 bits per heavy atom. The van der Waals surface area contributed by atoms with E-state index >= 15 is 0 Å². The number of hydrogen-bond donors (Lipinski definition) is 4. The molecule has 0 spiro atoms. The number of nitrogens with one attached hydrogen (secondary N) is 1. The van der Waals surface area contributed by atoms with Crippen LogP contribution >= 0.6 is 0 Å². The Morgan fingerprint density at radius 2 is 1.83 bits per heavy atom. The van der Waals surface area contributed by atoms with Crippen molar-refractivity contribution in [1.82, 2.24) is 10.2 Å². The first-order chi connectivity index (χ1) is 19.9. The average molecular weight is 571 g/mol. The summed E-state index contributed by atoms with van der Waals surface area (Å²) in [5.74, 6) is 0.00845. The SMILES string of the molecule is COCCC(=O)N(CCc1ccccc1OC)[C@@H]1C=C(C(=O)NCCO)[C@@H]2c3cc(CO)cc(OC)c3O[C@@H]2[C@H]1O. The molecule has 1 aliphatic carbocycles. The van der Waals surface area contributed by atoms with E-state index in [-0.39, 0.29) is 50.8 Å². The molecule has 11 nitrogen and oxygen atoms in total. The van der Waals surface area contributed by atoms with Gasteiger partial charge in [-0.05, 0) is 41.8 Å². The second-order valence-electron chi connectivity index (χ2n) is 9.91. The van der Waals surface area contributed by atoms with Crippen LogP contribution in [0, 0.1) is 0 Å². The summed E-state index contributed by atoms with van der Waals surface area (Å²) in [7, 11) is 4.56. The highest BCUT2D eigenvalue weighted by Crippen LogP contribution is 2.51. The van der Waals surface area contributed by atoms with E-state index < -0.39 is 30.1 Å². The van der Waals surface area contributed by atoms with Gasteiger partial charge in [0.05, 0.1) is 52.4 Å². The van der Waals surface area contributed by atoms with Gasteiger partial charge in [0.2, 0.25) is 11.8 Å². The average Bonchev–Trinajstić information content (AvgIpc) is 3.39. The number of aliphatic hydroxyl groups excluding tert-OH is 3. The normalized spacial score (nSPS) is 20.8. The van der Waals surface area contributed by atoms with Gasteiger partial charge in [0.15, 0.2) is 11.5 Å². The summed E-state index contributed by atoms with van der Waals surface area (Å²) in [5.41, 5.74) is 2.33. The van der Waals surface area contributed by atoms with Crippen LogP contribution < -0.4 is 19.5 Å². The Kier molecular flexibility index (Phi) is 10.2. The van der Waals surface area contributed by atoms with Crippen molar-refractivity contribution in [1.29, 1.82) is 0 Å². The number of hydrogen-bond acceptors (Lipinski definition) is 9. The number of rotatable bonds is 13. The van der Waals surface area contributed by atoms with E-state index in [1.165, 1.54) is 14.2 Å². The van der Waals surface area contributed by atoms with E-state index in [1.807, 2.05) is 24.3 Å². The van der Waals surface area contributed by atoms with Gasteiger partial charge in [-0.15, -0.1) is 0 Å². The molecule has 0 bridgehead atoms. The molecule has 0 radical (unpaired) electrons. The molecular weight excluding hydrogens is 532 g/mol. The Hall–Kier alpha value is -3.64. The van der Waals surface area contributed by atoms with Gasteiger partial charge in [-0.25, -0.2) is 0 Å². The van der Waals surface area contributed by atoms with Crippen molar-refractivity contribution in [3.63, 3.8) is 0 Å². The third-order valence-electron chi connectivity index (χ3n) is 7.51. The van der Waals surface area contributed by atoms with Gasteiger partial charge >= 0.3 is 0 Å². The zero-order chi connectivity index (χ0) is 29.5.